The Kier molecular flexibility index (Phi) is 3.32. The van der Waals surface area contributed by atoms with Crippen molar-refractivity contribution in [2.75, 3.05) is 19.7 Å². The second-order valence-electron chi connectivity index (χ2n) is 2.64. The van der Waals surface area contributed by atoms with E-state index in [1.807, 2.05) is 0 Å². The molecule has 1 unspecified atom stereocenters. The summed E-state index contributed by atoms with van der Waals surface area (Å²) in [5, 5.41) is 15.6. The number of carbonyl (C=O) groups is 1. The minimum atomic E-state index is -0.238. The maximum Gasteiger partial charge on any atom is 0.237 e. The van der Waals surface area contributed by atoms with Crippen LogP contribution in [0.3, 0.4) is 0 Å². The van der Waals surface area contributed by atoms with E-state index in [1.54, 1.807) is 0 Å². The molecule has 1 heterocycles. The molecule has 11 heavy (non-hydrogen) atoms. The maximum absolute atomic E-state index is 11.1. The van der Waals surface area contributed by atoms with E-state index in [0.29, 0.717) is 0 Å². The molecule has 4 nitrogen and oxygen atoms in total. The van der Waals surface area contributed by atoms with Gasteiger partial charge in [0.05, 0.1) is 12.6 Å². The number of nitrogens with one attached hydrogen (secondary N) is 2. The fraction of sp³-hybridized carbons (Fsp3) is 0.857. The van der Waals surface area contributed by atoms with Gasteiger partial charge in [-0.15, -0.1) is 0 Å². The first kappa shape index (κ1) is 8.49. The van der Waals surface area contributed by atoms with E-state index in [9.17, 15) is 9.90 Å². The van der Waals surface area contributed by atoms with Gasteiger partial charge < -0.3 is 10.6 Å². The topological polar surface area (TPSA) is 61.0 Å². The average molecular weight is 157 g/mol. The van der Waals surface area contributed by atoms with Crippen LogP contribution in [0.2, 0.25) is 0 Å². The average Bonchev–Trinajstić information content (AvgIpc) is 2.52. The van der Waals surface area contributed by atoms with Crippen LogP contribution in [0.25, 0.3) is 0 Å². The quantitative estimate of drug-likeness (QED) is 0.568. The second kappa shape index (κ2) is 4.31. The third-order valence-electron chi connectivity index (χ3n) is 1.78. The van der Waals surface area contributed by atoms with E-state index in [2.05, 4.69) is 10.6 Å². The molecule has 1 amide bonds. The van der Waals surface area contributed by atoms with Gasteiger partial charge in [0.25, 0.3) is 0 Å². The van der Waals surface area contributed by atoms with Gasteiger partial charge in [-0.2, -0.15) is 0 Å². The van der Waals surface area contributed by atoms with Gasteiger partial charge in [0.2, 0.25) is 5.91 Å². The lowest BCUT2D eigenvalue weighted by atomic mass is 10.2. The number of hydrogen-bond donors (Lipinski definition) is 2. The number of hydrogen-bond acceptors (Lipinski definition) is 2. The highest BCUT2D eigenvalue weighted by Gasteiger charge is 2.20. The summed E-state index contributed by atoms with van der Waals surface area (Å²) in [6, 6.07) is -0.0541. The summed E-state index contributed by atoms with van der Waals surface area (Å²) in [6.45, 7) is 0.922. The van der Waals surface area contributed by atoms with Crippen LogP contribution in [0.1, 0.15) is 12.8 Å². The normalized spacial score (nSPS) is 23.5. The molecule has 1 radical (unpaired) electrons. The highest BCUT2D eigenvalue weighted by Crippen LogP contribution is 2.03. The molecular weight excluding hydrogens is 144 g/mol. The molecule has 1 fully saturated rings. The van der Waals surface area contributed by atoms with Crippen molar-refractivity contribution in [2.45, 2.75) is 18.9 Å². The third-order valence-corrected chi connectivity index (χ3v) is 1.78. The lowest BCUT2D eigenvalue weighted by Crippen LogP contribution is -2.41. The van der Waals surface area contributed by atoms with E-state index >= 15 is 0 Å². The maximum atomic E-state index is 11.1. The van der Waals surface area contributed by atoms with Crippen LogP contribution < -0.4 is 10.6 Å². The predicted octanol–water partition coefficient (Wildman–Crippen LogP) is -0.715. The molecule has 0 aromatic heterocycles. The van der Waals surface area contributed by atoms with Crippen molar-refractivity contribution in [3.63, 3.8) is 0 Å². The fourth-order valence-corrected chi connectivity index (χ4v) is 1.21. The molecule has 2 N–H and O–H groups in total. The Morgan fingerprint density at radius 2 is 2.45 bits per heavy atom. The Hall–Kier alpha value is -0.610. The van der Waals surface area contributed by atoms with Gasteiger partial charge in [-0.25, -0.2) is 5.11 Å². The zero-order valence-corrected chi connectivity index (χ0v) is 6.43. The van der Waals surface area contributed by atoms with Gasteiger partial charge in [-0.05, 0) is 19.4 Å². The molecule has 0 aromatic carbocycles. The van der Waals surface area contributed by atoms with Crippen LogP contribution in [0.4, 0.5) is 0 Å². The molecule has 63 valence electrons. The van der Waals surface area contributed by atoms with Gasteiger partial charge in [-0.3, -0.25) is 4.79 Å². The Morgan fingerprint density at radius 3 is 3.00 bits per heavy atom. The molecule has 0 aliphatic carbocycles. The Labute approximate surface area is 66.0 Å². The van der Waals surface area contributed by atoms with Gasteiger partial charge >= 0.3 is 0 Å². The van der Waals surface area contributed by atoms with Crippen molar-refractivity contribution in [2.24, 2.45) is 0 Å². The predicted molar refractivity (Wildman–Crippen MR) is 39.6 cm³/mol. The molecule has 0 spiro atoms. The molecule has 0 bridgehead atoms. The highest BCUT2D eigenvalue weighted by molar-refractivity contribution is 5.81. The summed E-state index contributed by atoms with van der Waals surface area (Å²) in [7, 11) is 0. The monoisotopic (exact) mass is 157 g/mol. The largest absolute Gasteiger partial charge is 0.352 e. The zero-order valence-electron chi connectivity index (χ0n) is 6.43. The first-order valence-corrected chi connectivity index (χ1v) is 3.94. The Morgan fingerprint density at radius 1 is 1.64 bits per heavy atom. The summed E-state index contributed by atoms with van der Waals surface area (Å²) in [5.74, 6) is -0.0293. The molecule has 1 aliphatic heterocycles. The molecule has 1 atom stereocenters. The Bertz CT molecular complexity index is 132. The fourth-order valence-electron chi connectivity index (χ4n) is 1.21. The molecule has 1 saturated heterocycles. The van der Waals surface area contributed by atoms with Gasteiger partial charge in [0.1, 0.15) is 0 Å². The summed E-state index contributed by atoms with van der Waals surface area (Å²) < 4.78 is 0. The van der Waals surface area contributed by atoms with Crippen molar-refractivity contribution in [1.29, 1.82) is 0 Å². The summed E-state index contributed by atoms with van der Waals surface area (Å²) in [6.07, 6.45) is 1.94. The summed E-state index contributed by atoms with van der Waals surface area (Å²) >= 11 is 0. The second-order valence-corrected chi connectivity index (χ2v) is 2.64. The van der Waals surface area contributed by atoms with Crippen molar-refractivity contribution >= 4 is 5.91 Å². The van der Waals surface area contributed by atoms with Crippen molar-refractivity contribution in [3.8, 4) is 0 Å². The first-order chi connectivity index (χ1) is 5.34. The lowest BCUT2D eigenvalue weighted by Gasteiger charge is -2.08. The lowest BCUT2D eigenvalue weighted by molar-refractivity contribution is -0.123. The Balaban J connectivity index is 2.17. The number of amides is 1. The third kappa shape index (κ3) is 2.48. The molecular formula is C7H13N2O2. The smallest absolute Gasteiger partial charge is 0.237 e. The summed E-state index contributed by atoms with van der Waals surface area (Å²) in [4.78, 5) is 11.1. The molecule has 1 aliphatic rings. The minimum absolute atomic E-state index is 0.0293. The van der Waals surface area contributed by atoms with Crippen LogP contribution >= 0.6 is 0 Å². The van der Waals surface area contributed by atoms with Crippen LogP contribution in [0.5, 0.6) is 0 Å². The van der Waals surface area contributed by atoms with Crippen LogP contribution in [-0.2, 0) is 9.90 Å². The highest BCUT2D eigenvalue weighted by atomic mass is 16.3. The minimum Gasteiger partial charge on any atom is -0.352 e. The van der Waals surface area contributed by atoms with Crippen molar-refractivity contribution in [3.05, 3.63) is 0 Å². The zero-order chi connectivity index (χ0) is 8.10. The van der Waals surface area contributed by atoms with E-state index in [1.165, 1.54) is 0 Å². The van der Waals surface area contributed by atoms with Gasteiger partial charge in [0.15, 0.2) is 0 Å². The van der Waals surface area contributed by atoms with E-state index in [-0.39, 0.29) is 25.1 Å². The SMILES string of the molecule is [O]CCNC(=O)C1CCCN1. The van der Waals surface area contributed by atoms with E-state index in [4.69, 9.17) is 0 Å². The van der Waals surface area contributed by atoms with Crippen LogP contribution in [0.15, 0.2) is 0 Å². The van der Waals surface area contributed by atoms with Crippen molar-refractivity contribution < 1.29 is 9.90 Å². The van der Waals surface area contributed by atoms with Crippen LogP contribution in [-0.4, -0.2) is 31.6 Å². The number of carbonyl (C=O) groups excluding carboxylic acids is 1. The molecule has 0 aromatic rings. The number of rotatable bonds is 3. The molecule has 4 heteroatoms. The standard InChI is InChI=1S/C7H13N2O2/c10-5-4-9-7(11)6-2-1-3-8-6/h6,8H,1-5H2,(H,9,11). The summed E-state index contributed by atoms with van der Waals surface area (Å²) in [5.41, 5.74) is 0. The van der Waals surface area contributed by atoms with E-state index < -0.39 is 0 Å². The molecule has 1 rings (SSSR count). The first-order valence-electron chi connectivity index (χ1n) is 3.94. The van der Waals surface area contributed by atoms with E-state index in [0.717, 1.165) is 19.4 Å². The van der Waals surface area contributed by atoms with Gasteiger partial charge in [-0.1, -0.05) is 0 Å². The van der Waals surface area contributed by atoms with Crippen molar-refractivity contribution in [1.82, 2.24) is 10.6 Å². The molecule has 0 saturated carbocycles. The van der Waals surface area contributed by atoms with Crippen LogP contribution in [0, 0.1) is 0 Å². The van der Waals surface area contributed by atoms with Gasteiger partial charge in [0, 0.05) is 6.54 Å².